The fourth-order valence-corrected chi connectivity index (χ4v) is 2.45. The molecule has 1 saturated carbocycles. The van der Waals surface area contributed by atoms with E-state index < -0.39 is 6.10 Å². The van der Waals surface area contributed by atoms with Crippen LogP contribution in [-0.2, 0) is 9.53 Å². The third-order valence-electron chi connectivity index (χ3n) is 3.32. The van der Waals surface area contributed by atoms with Gasteiger partial charge in [0.1, 0.15) is 0 Å². The van der Waals surface area contributed by atoms with Crippen molar-refractivity contribution in [3.63, 3.8) is 0 Å². The molecule has 4 heteroatoms. The predicted octanol–water partition coefficient (Wildman–Crippen LogP) is 1.33. The fourth-order valence-electron chi connectivity index (χ4n) is 2.45. The second-order valence-electron chi connectivity index (χ2n) is 5.11. The molecule has 0 aromatic carbocycles. The Morgan fingerprint density at radius 3 is 2.88 bits per heavy atom. The quantitative estimate of drug-likeness (QED) is 0.662. The fraction of sp³-hybridized carbons (Fsp3) is 0.923. The highest BCUT2D eigenvalue weighted by Gasteiger charge is 2.21. The summed E-state index contributed by atoms with van der Waals surface area (Å²) in [6, 6.07) is 0. The lowest BCUT2D eigenvalue weighted by Gasteiger charge is -2.14. The molecule has 0 aliphatic heterocycles. The number of hydrogen-bond acceptors (Lipinski definition) is 4. The van der Waals surface area contributed by atoms with Gasteiger partial charge >= 0.3 is 5.97 Å². The third kappa shape index (κ3) is 6.03. The first-order chi connectivity index (χ1) is 8.11. The molecular formula is C13H25NO3. The van der Waals surface area contributed by atoms with Crippen LogP contribution >= 0.6 is 0 Å². The highest BCUT2D eigenvalue weighted by molar-refractivity contribution is 5.69. The van der Waals surface area contributed by atoms with Gasteiger partial charge in [0.15, 0.2) is 0 Å². The second kappa shape index (κ2) is 7.67. The minimum atomic E-state index is -0.632. The number of nitrogens with one attached hydrogen (secondary N) is 1. The highest BCUT2D eigenvalue weighted by atomic mass is 16.5. The van der Waals surface area contributed by atoms with E-state index in [-0.39, 0.29) is 12.4 Å². The van der Waals surface area contributed by atoms with E-state index in [0.717, 1.165) is 18.4 Å². The van der Waals surface area contributed by atoms with Gasteiger partial charge in [-0.15, -0.1) is 0 Å². The molecule has 0 bridgehead atoms. The lowest BCUT2D eigenvalue weighted by Crippen LogP contribution is -2.32. The molecule has 0 saturated heterocycles. The molecule has 1 rings (SSSR count). The summed E-state index contributed by atoms with van der Waals surface area (Å²) in [6.45, 7) is 5.85. The zero-order valence-corrected chi connectivity index (χ0v) is 10.9. The first-order valence-corrected chi connectivity index (χ1v) is 6.66. The van der Waals surface area contributed by atoms with E-state index in [1.165, 1.54) is 19.3 Å². The first kappa shape index (κ1) is 14.5. The standard InChI is InChI=1S/C13H25NO3/c1-3-17-13(16)7-12(15)9-14-8-11-5-4-10(2)6-11/h10-12,14-15H,3-9H2,1-2H3. The average molecular weight is 243 g/mol. The summed E-state index contributed by atoms with van der Waals surface area (Å²) in [6.07, 6.45) is 3.33. The molecule has 2 N–H and O–H groups in total. The summed E-state index contributed by atoms with van der Waals surface area (Å²) < 4.78 is 4.78. The maximum absolute atomic E-state index is 11.1. The molecule has 0 aromatic heterocycles. The number of aliphatic hydroxyl groups is 1. The summed E-state index contributed by atoms with van der Waals surface area (Å²) in [5, 5.41) is 12.8. The molecule has 3 atom stereocenters. The molecule has 0 amide bonds. The third-order valence-corrected chi connectivity index (χ3v) is 3.32. The van der Waals surface area contributed by atoms with Crippen molar-refractivity contribution in [1.29, 1.82) is 0 Å². The predicted molar refractivity (Wildman–Crippen MR) is 66.6 cm³/mol. The summed E-state index contributed by atoms with van der Waals surface area (Å²) in [4.78, 5) is 11.1. The van der Waals surface area contributed by atoms with E-state index in [1.807, 2.05) is 0 Å². The largest absolute Gasteiger partial charge is 0.466 e. The van der Waals surface area contributed by atoms with Crippen LogP contribution in [0.1, 0.15) is 39.5 Å². The maximum atomic E-state index is 11.1. The molecule has 3 unspecified atom stereocenters. The average Bonchev–Trinajstić information content (AvgIpc) is 2.64. The molecule has 1 aliphatic carbocycles. The van der Waals surface area contributed by atoms with Crippen molar-refractivity contribution in [2.75, 3.05) is 19.7 Å². The number of esters is 1. The number of hydrogen-bond donors (Lipinski definition) is 2. The van der Waals surface area contributed by atoms with Crippen molar-refractivity contribution in [2.45, 2.75) is 45.6 Å². The van der Waals surface area contributed by atoms with E-state index in [2.05, 4.69) is 12.2 Å². The van der Waals surface area contributed by atoms with Crippen LogP contribution in [0.4, 0.5) is 0 Å². The van der Waals surface area contributed by atoms with Gasteiger partial charge in [0.25, 0.3) is 0 Å². The van der Waals surface area contributed by atoms with E-state index in [4.69, 9.17) is 4.74 Å². The van der Waals surface area contributed by atoms with Crippen molar-refractivity contribution in [3.05, 3.63) is 0 Å². The van der Waals surface area contributed by atoms with Crippen LogP contribution in [0.5, 0.6) is 0 Å². The van der Waals surface area contributed by atoms with Gasteiger partial charge in [0, 0.05) is 6.54 Å². The van der Waals surface area contributed by atoms with Gasteiger partial charge in [0.05, 0.1) is 19.1 Å². The molecule has 17 heavy (non-hydrogen) atoms. The SMILES string of the molecule is CCOC(=O)CC(O)CNCC1CCC(C)C1. The number of carbonyl (C=O) groups excluding carboxylic acids is 1. The Balaban J connectivity index is 2.03. The van der Waals surface area contributed by atoms with Gasteiger partial charge in [-0.25, -0.2) is 0 Å². The van der Waals surface area contributed by atoms with Crippen molar-refractivity contribution in [3.8, 4) is 0 Å². The molecule has 1 aliphatic rings. The molecule has 100 valence electrons. The van der Waals surface area contributed by atoms with Crippen molar-refractivity contribution >= 4 is 5.97 Å². The molecule has 0 heterocycles. The molecule has 0 radical (unpaired) electrons. The van der Waals surface area contributed by atoms with Crippen LogP contribution in [0.3, 0.4) is 0 Å². The Morgan fingerprint density at radius 2 is 2.29 bits per heavy atom. The van der Waals surface area contributed by atoms with Crippen LogP contribution in [0.25, 0.3) is 0 Å². The second-order valence-corrected chi connectivity index (χ2v) is 5.11. The van der Waals surface area contributed by atoms with Gasteiger partial charge in [-0.05, 0) is 38.1 Å². The summed E-state index contributed by atoms with van der Waals surface area (Å²) in [5.74, 6) is 1.25. The minimum Gasteiger partial charge on any atom is -0.466 e. The molecule has 0 aromatic rings. The van der Waals surface area contributed by atoms with Gasteiger partial charge in [-0.3, -0.25) is 4.79 Å². The Kier molecular flexibility index (Phi) is 6.52. The first-order valence-electron chi connectivity index (χ1n) is 6.66. The molecule has 4 nitrogen and oxygen atoms in total. The van der Waals surface area contributed by atoms with Gasteiger partial charge in [0.2, 0.25) is 0 Å². The zero-order chi connectivity index (χ0) is 12.7. The topological polar surface area (TPSA) is 58.6 Å². The van der Waals surface area contributed by atoms with E-state index in [1.54, 1.807) is 6.92 Å². The molecule has 0 spiro atoms. The summed E-state index contributed by atoms with van der Waals surface area (Å²) >= 11 is 0. The summed E-state index contributed by atoms with van der Waals surface area (Å²) in [7, 11) is 0. The van der Waals surface area contributed by atoms with Gasteiger partial charge in [-0.1, -0.05) is 13.3 Å². The van der Waals surface area contributed by atoms with Gasteiger partial charge in [-0.2, -0.15) is 0 Å². The van der Waals surface area contributed by atoms with E-state index in [9.17, 15) is 9.90 Å². The van der Waals surface area contributed by atoms with E-state index >= 15 is 0 Å². The van der Waals surface area contributed by atoms with Crippen molar-refractivity contribution in [2.24, 2.45) is 11.8 Å². The zero-order valence-electron chi connectivity index (χ0n) is 10.9. The molecular weight excluding hydrogens is 218 g/mol. The number of aliphatic hydroxyl groups excluding tert-OH is 1. The Labute approximate surface area is 104 Å². The Bertz CT molecular complexity index is 233. The Hall–Kier alpha value is -0.610. The Morgan fingerprint density at radius 1 is 1.53 bits per heavy atom. The normalized spacial score (nSPS) is 25.8. The molecule has 1 fully saturated rings. The number of rotatable bonds is 7. The van der Waals surface area contributed by atoms with Crippen LogP contribution in [0.15, 0.2) is 0 Å². The number of ether oxygens (including phenoxy) is 1. The maximum Gasteiger partial charge on any atom is 0.308 e. The van der Waals surface area contributed by atoms with Crippen LogP contribution in [-0.4, -0.2) is 36.9 Å². The van der Waals surface area contributed by atoms with Crippen molar-refractivity contribution in [1.82, 2.24) is 5.32 Å². The van der Waals surface area contributed by atoms with Crippen molar-refractivity contribution < 1.29 is 14.6 Å². The van der Waals surface area contributed by atoms with Crippen LogP contribution in [0.2, 0.25) is 0 Å². The van der Waals surface area contributed by atoms with E-state index in [0.29, 0.717) is 13.2 Å². The lowest BCUT2D eigenvalue weighted by molar-refractivity contribution is -0.145. The van der Waals surface area contributed by atoms with Gasteiger partial charge < -0.3 is 15.2 Å². The highest BCUT2D eigenvalue weighted by Crippen LogP contribution is 2.29. The summed E-state index contributed by atoms with van der Waals surface area (Å²) in [5.41, 5.74) is 0. The smallest absolute Gasteiger partial charge is 0.308 e. The lowest BCUT2D eigenvalue weighted by atomic mass is 10.1. The monoisotopic (exact) mass is 243 g/mol. The van der Waals surface area contributed by atoms with Crippen LogP contribution in [0, 0.1) is 11.8 Å². The van der Waals surface area contributed by atoms with Crippen LogP contribution < -0.4 is 5.32 Å². The number of carbonyl (C=O) groups is 1. The minimum absolute atomic E-state index is 0.0852.